The molecule has 0 aliphatic carbocycles. The fourth-order valence-electron chi connectivity index (χ4n) is 3.45. The molecule has 8 nitrogen and oxygen atoms in total. The van der Waals surface area contributed by atoms with Crippen molar-refractivity contribution in [1.29, 1.82) is 0 Å². The molecule has 4 rings (SSSR count). The number of H-pyrrole nitrogens is 1. The molecule has 0 fully saturated rings. The first-order valence-electron chi connectivity index (χ1n) is 9.38. The number of benzene rings is 1. The maximum atomic E-state index is 12.7. The number of nitrogens with zero attached hydrogens (tertiary/aromatic N) is 4. The molecule has 0 radical (unpaired) electrons. The van der Waals surface area contributed by atoms with Crippen LogP contribution < -0.4 is 10.3 Å². The van der Waals surface area contributed by atoms with E-state index < -0.39 is 0 Å². The molecule has 0 saturated carbocycles. The summed E-state index contributed by atoms with van der Waals surface area (Å²) in [5, 5.41) is 0. The third-order valence-electron chi connectivity index (χ3n) is 4.98. The average Bonchev–Trinajstić information content (AvgIpc) is 2.73. The second kappa shape index (κ2) is 7.83. The first-order valence-corrected chi connectivity index (χ1v) is 9.38. The summed E-state index contributed by atoms with van der Waals surface area (Å²) in [6.07, 6.45) is 5.08. The fraction of sp³-hybridized carbons (Fsp3) is 0.286. The number of amides is 1. The first kappa shape index (κ1) is 18.8. The number of hydrogen-bond donors (Lipinski definition) is 1. The van der Waals surface area contributed by atoms with Gasteiger partial charge in [-0.1, -0.05) is 18.2 Å². The number of rotatable bonds is 4. The van der Waals surface area contributed by atoms with Gasteiger partial charge in [0.2, 0.25) is 0 Å². The van der Waals surface area contributed by atoms with E-state index in [1.165, 1.54) is 12.4 Å². The number of hydrogen-bond acceptors (Lipinski definition) is 6. The van der Waals surface area contributed by atoms with Gasteiger partial charge in [-0.3, -0.25) is 14.6 Å². The summed E-state index contributed by atoms with van der Waals surface area (Å²) in [6.45, 7) is 4.57. The predicted molar refractivity (Wildman–Crippen MR) is 106 cm³/mol. The zero-order valence-electron chi connectivity index (χ0n) is 16.3. The van der Waals surface area contributed by atoms with Crippen molar-refractivity contribution in [2.24, 2.45) is 0 Å². The van der Waals surface area contributed by atoms with E-state index in [9.17, 15) is 9.59 Å². The van der Waals surface area contributed by atoms with Crippen LogP contribution in [0.4, 0.5) is 0 Å². The Bertz CT molecular complexity index is 1090. The maximum Gasteiger partial charge on any atom is 0.260 e. The van der Waals surface area contributed by atoms with Gasteiger partial charge in [-0.2, -0.15) is 0 Å². The molecule has 1 amide bonds. The Hall–Kier alpha value is -3.55. The normalized spacial score (nSPS) is 13.1. The third kappa shape index (κ3) is 3.87. The number of carbonyl (C=O) groups excluding carboxylic acids is 1. The highest BCUT2D eigenvalue weighted by molar-refractivity contribution is 5.78. The Morgan fingerprint density at radius 3 is 2.76 bits per heavy atom. The summed E-state index contributed by atoms with van der Waals surface area (Å²) in [5.74, 6) is 0.946. The van der Waals surface area contributed by atoms with Crippen LogP contribution in [-0.4, -0.2) is 43.9 Å². The van der Waals surface area contributed by atoms with E-state index in [1.807, 2.05) is 32.0 Å². The molecule has 0 spiro atoms. The molecular formula is C21H21N5O3. The van der Waals surface area contributed by atoms with Crippen molar-refractivity contribution in [1.82, 2.24) is 24.8 Å². The van der Waals surface area contributed by atoms with Crippen LogP contribution in [0.2, 0.25) is 0 Å². The van der Waals surface area contributed by atoms with Crippen LogP contribution in [0.5, 0.6) is 5.75 Å². The lowest BCUT2D eigenvalue weighted by molar-refractivity contribution is -0.134. The minimum absolute atomic E-state index is 0.0543. The molecule has 0 bridgehead atoms. The van der Waals surface area contributed by atoms with Crippen LogP contribution in [0, 0.1) is 13.8 Å². The number of nitrogens with one attached hydrogen (secondary N) is 1. The van der Waals surface area contributed by atoms with E-state index in [4.69, 9.17) is 4.74 Å². The summed E-state index contributed by atoms with van der Waals surface area (Å²) in [7, 11) is 0. The number of aromatic nitrogens is 4. The Balaban J connectivity index is 1.51. The van der Waals surface area contributed by atoms with Crippen molar-refractivity contribution in [2.45, 2.75) is 26.8 Å². The molecule has 0 atom stereocenters. The molecule has 29 heavy (non-hydrogen) atoms. The van der Waals surface area contributed by atoms with Gasteiger partial charge in [0, 0.05) is 24.5 Å². The Labute approximate surface area is 167 Å². The van der Waals surface area contributed by atoms with E-state index in [0.717, 1.165) is 16.9 Å². The first-order chi connectivity index (χ1) is 14.0. The minimum Gasteiger partial charge on any atom is -0.483 e. The Kier molecular flexibility index (Phi) is 5.07. The summed E-state index contributed by atoms with van der Waals surface area (Å²) in [4.78, 5) is 42.3. The lowest BCUT2D eigenvalue weighted by Gasteiger charge is -2.28. The van der Waals surface area contributed by atoms with Crippen molar-refractivity contribution in [3.05, 3.63) is 69.5 Å². The van der Waals surface area contributed by atoms with Gasteiger partial charge in [0.25, 0.3) is 11.5 Å². The quantitative estimate of drug-likeness (QED) is 0.728. The van der Waals surface area contributed by atoms with E-state index in [1.54, 1.807) is 11.1 Å². The third-order valence-corrected chi connectivity index (χ3v) is 4.98. The second-order valence-electron chi connectivity index (χ2n) is 7.01. The largest absolute Gasteiger partial charge is 0.483 e. The standard InChI is InChI=1S/C21H21N5O3/c1-13-4-3-5-14(2)19(13)29-12-18(27)26-9-6-15-17(11-26)24-20(25-21(15)28)16-10-22-7-8-23-16/h3-5,7-8,10H,6,9,11-12H2,1-2H3,(H,24,25,28). The zero-order chi connectivity index (χ0) is 20.4. The monoisotopic (exact) mass is 391 g/mol. The van der Waals surface area contributed by atoms with Crippen molar-refractivity contribution in [2.75, 3.05) is 13.2 Å². The molecule has 2 aromatic heterocycles. The van der Waals surface area contributed by atoms with Crippen LogP contribution in [-0.2, 0) is 17.8 Å². The van der Waals surface area contributed by atoms with Gasteiger partial charge in [-0.15, -0.1) is 0 Å². The van der Waals surface area contributed by atoms with Crippen LogP contribution >= 0.6 is 0 Å². The van der Waals surface area contributed by atoms with Gasteiger partial charge in [0.15, 0.2) is 12.4 Å². The second-order valence-corrected chi connectivity index (χ2v) is 7.01. The zero-order valence-corrected chi connectivity index (χ0v) is 16.3. The summed E-state index contributed by atoms with van der Waals surface area (Å²) < 4.78 is 5.79. The lowest BCUT2D eigenvalue weighted by atomic mass is 10.1. The van der Waals surface area contributed by atoms with E-state index in [0.29, 0.717) is 35.7 Å². The minimum atomic E-state index is -0.200. The van der Waals surface area contributed by atoms with Gasteiger partial charge in [0.1, 0.15) is 11.4 Å². The number of carbonyl (C=O) groups is 1. The Morgan fingerprint density at radius 1 is 1.24 bits per heavy atom. The van der Waals surface area contributed by atoms with E-state index >= 15 is 0 Å². The van der Waals surface area contributed by atoms with Gasteiger partial charge in [0.05, 0.1) is 18.4 Å². The highest BCUT2D eigenvalue weighted by atomic mass is 16.5. The van der Waals surface area contributed by atoms with Crippen LogP contribution in [0.1, 0.15) is 22.4 Å². The van der Waals surface area contributed by atoms with Gasteiger partial charge < -0.3 is 14.6 Å². The highest BCUT2D eigenvalue weighted by Crippen LogP contribution is 2.23. The molecule has 3 heterocycles. The molecule has 1 aliphatic rings. The van der Waals surface area contributed by atoms with Crippen LogP contribution in [0.15, 0.2) is 41.6 Å². The SMILES string of the molecule is Cc1cccc(C)c1OCC(=O)N1CCc2c(nc(-c3cnccn3)[nH]c2=O)C1. The number of para-hydroxylation sites is 1. The summed E-state index contributed by atoms with van der Waals surface area (Å²) in [6, 6.07) is 5.86. The summed E-state index contributed by atoms with van der Waals surface area (Å²) in [5.41, 5.74) is 3.45. The lowest BCUT2D eigenvalue weighted by Crippen LogP contribution is -2.41. The highest BCUT2D eigenvalue weighted by Gasteiger charge is 2.25. The molecule has 1 aromatic carbocycles. The van der Waals surface area contributed by atoms with Gasteiger partial charge in [-0.25, -0.2) is 9.97 Å². The van der Waals surface area contributed by atoms with Gasteiger partial charge in [-0.05, 0) is 31.4 Å². The van der Waals surface area contributed by atoms with Crippen molar-refractivity contribution in [3.63, 3.8) is 0 Å². The van der Waals surface area contributed by atoms with Gasteiger partial charge >= 0.3 is 0 Å². The molecular weight excluding hydrogens is 370 g/mol. The number of fused-ring (bicyclic) bond motifs is 1. The van der Waals surface area contributed by atoms with Crippen molar-refractivity contribution in [3.8, 4) is 17.3 Å². The average molecular weight is 391 g/mol. The van der Waals surface area contributed by atoms with Crippen molar-refractivity contribution >= 4 is 5.91 Å². The predicted octanol–water partition coefficient (Wildman–Crippen LogP) is 1.81. The van der Waals surface area contributed by atoms with E-state index in [-0.39, 0.29) is 24.6 Å². The number of aromatic amines is 1. The maximum absolute atomic E-state index is 12.7. The molecule has 8 heteroatoms. The molecule has 0 saturated heterocycles. The number of ether oxygens (including phenoxy) is 1. The molecule has 0 unspecified atom stereocenters. The smallest absolute Gasteiger partial charge is 0.260 e. The van der Waals surface area contributed by atoms with Crippen LogP contribution in [0.3, 0.4) is 0 Å². The fourth-order valence-corrected chi connectivity index (χ4v) is 3.45. The number of aryl methyl sites for hydroxylation is 2. The molecule has 1 aliphatic heterocycles. The molecule has 148 valence electrons. The molecule has 1 N–H and O–H groups in total. The van der Waals surface area contributed by atoms with Crippen molar-refractivity contribution < 1.29 is 9.53 Å². The van der Waals surface area contributed by atoms with E-state index in [2.05, 4.69) is 19.9 Å². The molecule has 3 aromatic rings. The topological polar surface area (TPSA) is 101 Å². The summed E-state index contributed by atoms with van der Waals surface area (Å²) >= 11 is 0. The Morgan fingerprint density at radius 2 is 2.03 bits per heavy atom. The van der Waals surface area contributed by atoms with Crippen LogP contribution in [0.25, 0.3) is 11.5 Å².